The Balaban J connectivity index is 1.44. The maximum absolute atomic E-state index is 13.4. The van der Waals surface area contributed by atoms with E-state index in [1.54, 1.807) is 24.5 Å². The fourth-order valence-electron chi connectivity index (χ4n) is 5.00. The highest BCUT2D eigenvalue weighted by Crippen LogP contribution is 2.40. The Morgan fingerprint density at radius 1 is 1.06 bits per heavy atom. The number of benzene rings is 2. The van der Waals surface area contributed by atoms with Crippen molar-refractivity contribution in [3.8, 4) is 0 Å². The van der Waals surface area contributed by atoms with Gasteiger partial charge in [0.2, 0.25) is 5.91 Å². The summed E-state index contributed by atoms with van der Waals surface area (Å²) in [6.07, 6.45) is -0.798. The second-order valence-corrected chi connectivity index (χ2v) is 8.77. The Labute approximate surface area is 196 Å². The van der Waals surface area contributed by atoms with E-state index in [1.807, 2.05) is 36.4 Å². The van der Waals surface area contributed by atoms with Gasteiger partial charge in [-0.05, 0) is 53.9 Å². The monoisotopic (exact) mass is 466 g/mol. The molecule has 0 radical (unpaired) electrons. The predicted molar refractivity (Wildman–Crippen MR) is 125 cm³/mol. The number of aromatic nitrogens is 1. The second kappa shape index (κ2) is 9.00. The molecule has 2 atom stereocenters. The molecule has 2 aliphatic rings. The number of carbonyl (C=O) groups is 1. The molecule has 3 heterocycles. The van der Waals surface area contributed by atoms with E-state index in [1.165, 1.54) is 6.07 Å². The van der Waals surface area contributed by atoms with E-state index >= 15 is 0 Å². The van der Waals surface area contributed by atoms with Gasteiger partial charge in [0.15, 0.2) is 0 Å². The van der Waals surface area contributed by atoms with Gasteiger partial charge >= 0.3 is 6.18 Å². The van der Waals surface area contributed by atoms with Crippen molar-refractivity contribution in [3.63, 3.8) is 0 Å². The van der Waals surface area contributed by atoms with Gasteiger partial charge in [-0.3, -0.25) is 9.78 Å². The summed E-state index contributed by atoms with van der Waals surface area (Å²) >= 11 is 0. The second-order valence-electron chi connectivity index (χ2n) is 8.77. The van der Waals surface area contributed by atoms with E-state index in [2.05, 4.69) is 20.1 Å². The molecule has 176 valence electrons. The molecule has 1 N–H and O–H groups in total. The lowest BCUT2D eigenvalue weighted by atomic mass is 9.82. The van der Waals surface area contributed by atoms with Crippen LogP contribution in [0.5, 0.6) is 0 Å². The highest BCUT2D eigenvalue weighted by atomic mass is 19.4. The normalized spacial score (nSPS) is 19.9. The number of carbonyl (C=O) groups excluding carboxylic acids is 1. The molecule has 8 heteroatoms. The number of amides is 1. The molecule has 0 unspecified atom stereocenters. The smallest absolute Gasteiger partial charge is 0.368 e. The summed E-state index contributed by atoms with van der Waals surface area (Å²) in [4.78, 5) is 21.8. The number of para-hydroxylation sites is 1. The van der Waals surface area contributed by atoms with E-state index in [-0.39, 0.29) is 18.4 Å². The van der Waals surface area contributed by atoms with E-state index < -0.39 is 17.7 Å². The van der Waals surface area contributed by atoms with Crippen LogP contribution in [-0.4, -0.2) is 36.6 Å². The number of halogens is 3. The first kappa shape index (κ1) is 22.3. The Morgan fingerprint density at radius 3 is 2.62 bits per heavy atom. The Morgan fingerprint density at radius 2 is 1.88 bits per heavy atom. The first-order valence-electron chi connectivity index (χ1n) is 11.3. The van der Waals surface area contributed by atoms with Crippen LogP contribution in [0, 0.1) is 5.92 Å². The number of rotatable bonds is 4. The molecule has 3 aromatic rings. The van der Waals surface area contributed by atoms with E-state index in [0.29, 0.717) is 25.2 Å². The first-order valence-corrected chi connectivity index (χ1v) is 11.3. The number of alkyl halides is 3. The Kier molecular flexibility index (Phi) is 5.89. The molecule has 1 amide bonds. The van der Waals surface area contributed by atoms with Gasteiger partial charge in [-0.25, -0.2) is 0 Å². The van der Waals surface area contributed by atoms with E-state index in [4.69, 9.17) is 0 Å². The fraction of sp³-hybridized carbons (Fsp3) is 0.308. The molecule has 5 nitrogen and oxygen atoms in total. The molecule has 1 fully saturated rings. The molecule has 34 heavy (non-hydrogen) atoms. The lowest BCUT2D eigenvalue weighted by molar-refractivity contribution is -0.137. The zero-order chi connectivity index (χ0) is 23.7. The van der Waals surface area contributed by atoms with Crippen LogP contribution in [-0.2, 0) is 23.9 Å². The summed E-state index contributed by atoms with van der Waals surface area (Å²) in [7, 11) is 0. The zero-order valence-corrected chi connectivity index (χ0v) is 18.5. The van der Waals surface area contributed by atoms with E-state index in [0.717, 1.165) is 29.5 Å². The standard InChI is InChI=1S/C26H25F3N4O/c27-26(28,29)20-8-9-23-19(13-20)14-22(25(34)31-16-18-5-4-10-30-15-18)24-17-32(11-12-33(23)24)21-6-2-1-3-7-21/h1-10,13,15,22,24H,11-12,14,16-17H2,(H,31,34)/t22-,24+/m1/s1. The van der Waals surface area contributed by atoms with Crippen LogP contribution in [0.15, 0.2) is 73.1 Å². The number of anilines is 2. The van der Waals surface area contributed by atoms with Crippen molar-refractivity contribution in [1.82, 2.24) is 10.3 Å². The summed E-state index contributed by atoms with van der Waals surface area (Å²) in [6.45, 7) is 2.30. The molecule has 0 aliphatic carbocycles. The van der Waals surface area contributed by atoms with Crippen LogP contribution < -0.4 is 15.1 Å². The van der Waals surface area contributed by atoms with Gasteiger partial charge in [0.1, 0.15) is 0 Å². The third kappa shape index (κ3) is 4.44. The molecule has 0 spiro atoms. The SMILES string of the molecule is O=C(NCc1cccnc1)[C@@H]1Cc2cc(C(F)(F)F)ccc2N2CCN(c3ccccc3)C[C@@H]12. The van der Waals surface area contributed by atoms with Gasteiger partial charge in [0.25, 0.3) is 0 Å². The van der Waals surface area contributed by atoms with Gasteiger partial charge < -0.3 is 15.1 Å². The summed E-state index contributed by atoms with van der Waals surface area (Å²) < 4.78 is 40.2. The van der Waals surface area contributed by atoms with Crippen molar-refractivity contribution >= 4 is 17.3 Å². The van der Waals surface area contributed by atoms with Crippen molar-refractivity contribution in [1.29, 1.82) is 0 Å². The minimum atomic E-state index is -4.42. The van der Waals surface area contributed by atoms with Gasteiger partial charge in [-0.2, -0.15) is 13.2 Å². The van der Waals surface area contributed by atoms with E-state index in [9.17, 15) is 18.0 Å². The van der Waals surface area contributed by atoms with Gasteiger partial charge in [0, 0.05) is 49.9 Å². The van der Waals surface area contributed by atoms with Crippen LogP contribution in [0.2, 0.25) is 0 Å². The number of fused-ring (bicyclic) bond motifs is 3. The van der Waals surface area contributed by atoms with Crippen LogP contribution in [0.3, 0.4) is 0 Å². The molecular weight excluding hydrogens is 441 g/mol. The molecular formula is C26H25F3N4O. The molecule has 1 saturated heterocycles. The van der Waals surface area contributed by atoms with Crippen LogP contribution in [0.25, 0.3) is 0 Å². The summed E-state index contributed by atoms with van der Waals surface area (Å²) in [5, 5.41) is 2.99. The topological polar surface area (TPSA) is 48.5 Å². The quantitative estimate of drug-likeness (QED) is 0.624. The van der Waals surface area contributed by atoms with Gasteiger partial charge in [-0.15, -0.1) is 0 Å². The van der Waals surface area contributed by atoms with Crippen molar-refractivity contribution in [3.05, 3.63) is 89.7 Å². The zero-order valence-electron chi connectivity index (χ0n) is 18.5. The largest absolute Gasteiger partial charge is 0.416 e. The minimum Gasteiger partial charge on any atom is -0.368 e. The molecule has 5 rings (SSSR count). The lowest BCUT2D eigenvalue weighted by Gasteiger charge is -2.49. The summed E-state index contributed by atoms with van der Waals surface area (Å²) in [5.41, 5.74) is 2.64. The maximum atomic E-state index is 13.4. The first-order chi connectivity index (χ1) is 16.4. The van der Waals surface area contributed by atoms with Crippen LogP contribution in [0.1, 0.15) is 16.7 Å². The van der Waals surface area contributed by atoms with Gasteiger partial charge in [0.05, 0.1) is 17.5 Å². The molecule has 2 aliphatic heterocycles. The van der Waals surface area contributed by atoms with Crippen LogP contribution >= 0.6 is 0 Å². The van der Waals surface area contributed by atoms with Gasteiger partial charge in [-0.1, -0.05) is 24.3 Å². The molecule has 0 bridgehead atoms. The number of nitrogens with one attached hydrogen (secondary N) is 1. The Bertz CT molecular complexity index is 1150. The molecule has 2 aromatic carbocycles. The van der Waals surface area contributed by atoms with Crippen molar-refractivity contribution in [2.24, 2.45) is 5.92 Å². The third-order valence-electron chi connectivity index (χ3n) is 6.69. The van der Waals surface area contributed by atoms with Crippen LogP contribution in [0.4, 0.5) is 24.5 Å². The Hall–Kier alpha value is -3.55. The fourth-order valence-corrected chi connectivity index (χ4v) is 5.00. The number of pyridine rings is 1. The number of nitrogens with zero attached hydrogens (tertiary/aromatic N) is 3. The number of piperazine rings is 1. The number of hydrogen-bond donors (Lipinski definition) is 1. The molecule has 1 aromatic heterocycles. The average Bonchev–Trinajstić information content (AvgIpc) is 2.86. The van der Waals surface area contributed by atoms with Crippen molar-refractivity contribution in [2.45, 2.75) is 25.2 Å². The summed E-state index contributed by atoms with van der Waals surface area (Å²) in [6, 6.07) is 17.4. The highest BCUT2D eigenvalue weighted by Gasteiger charge is 2.42. The van der Waals surface area contributed by atoms with Crippen molar-refractivity contribution < 1.29 is 18.0 Å². The maximum Gasteiger partial charge on any atom is 0.416 e. The lowest BCUT2D eigenvalue weighted by Crippen LogP contribution is -2.61. The molecule has 0 saturated carbocycles. The highest BCUT2D eigenvalue weighted by molar-refractivity contribution is 5.82. The minimum absolute atomic E-state index is 0.146. The average molecular weight is 467 g/mol. The summed E-state index contributed by atoms with van der Waals surface area (Å²) in [5.74, 6) is -0.629. The van der Waals surface area contributed by atoms with Crippen molar-refractivity contribution in [2.75, 3.05) is 29.4 Å². The number of hydrogen-bond acceptors (Lipinski definition) is 4. The third-order valence-corrected chi connectivity index (χ3v) is 6.69. The predicted octanol–water partition coefficient (Wildman–Crippen LogP) is 4.28.